The molecule has 100 valence electrons. The normalized spacial score (nSPS) is 11.4. The van der Waals surface area contributed by atoms with Crippen molar-refractivity contribution in [3.05, 3.63) is 35.9 Å². The quantitative estimate of drug-likeness (QED) is 0.822. The fourth-order valence-electron chi connectivity index (χ4n) is 1.04. The van der Waals surface area contributed by atoms with Gasteiger partial charge in [-0.25, -0.2) is 0 Å². The SMILES string of the molecule is CC(C)[C@H](N)C(=O)O.O=C(Cl)Cc1ccccc1. The molecule has 0 fully saturated rings. The average molecular weight is 272 g/mol. The Kier molecular flexibility index (Phi) is 8.00. The van der Waals surface area contributed by atoms with E-state index < -0.39 is 12.0 Å². The van der Waals surface area contributed by atoms with Gasteiger partial charge in [0.15, 0.2) is 0 Å². The van der Waals surface area contributed by atoms with Gasteiger partial charge in [-0.1, -0.05) is 44.2 Å². The van der Waals surface area contributed by atoms with E-state index in [1.807, 2.05) is 30.3 Å². The number of hydrogen-bond acceptors (Lipinski definition) is 3. The van der Waals surface area contributed by atoms with Gasteiger partial charge in [0.05, 0.1) is 0 Å². The molecule has 0 spiro atoms. The Bertz CT molecular complexity index is 379. The zero-order valence-electron chi connectivity index (χ0n) is 10.5. The number of carboxylic acids is 1. The van der Waals surface area contributed by atoms with Crippen LogP contribution in [0.3, 0.4) is 0 Å². The largest absolute Gasteiger partial charge is 0.480 e. The molecule has 0 aromatic heterocycles. The van der Waals surface area contributed by atoms with Crippen molar-refractivity contribution in [1.29, 1.82) is 0 Å². The summed E-state index contributed by atoms with van der Waals surface area (Å²) in [6.07, 6.45) is 0.322. The number of rotatable bonds is 4. The lowest BCUT2D eigenvalue weighted by Crippen LogP contribution is -2.34. The van der Waals surface area contributed by atoms with Crippen LogP contribution in [0, 0.1) is 5.92 Å². The molecule has 0 bridgehead atoms. The summed E-state index contributed by atoms with van der Waals surface area (Å²) in [4.78, 5) is 20.4. The van der Waals surface area contributed by atoms with E-state index in [4.69, 9.17) is 22.4 Å². The number of carbonyl (C=O) groups is 2. The second kappa shape index (κ2) is 8.66. The highest BCUT2D eigenvalue weighted by Crippen LogP contribution is 2.00. The fourth-order valence-corrected chi connectivity index (χ4v) is 1.20. The molecule has 4 nitrogen and oxygen atoms in total. The number of hydrogen-bond donors (Lipinski definition) is 2. The summed E-state index contributed by atoms with van der Waals surface area (Å²) in [5.41, 5.74) is 6.12. The van der Waals surface area contributed by atoms with Crippen LogP contribution < -0.4 is 5.73 Å². The van der Waals surface area contributed by atoms with E-state index in [-0.39, 0.29) is 11.2 Å². The minimum absolute atomic E-state index is 0.0208. The van der Waals surface area contributed by atoms with Gasteiger partial charge in [-0.3, -0.25) is 9.59 Å². The highest BCUT2D eigenvalue weighted by Gasteiger charge is 2.14. The average Bonchev–Trinajstić information content (AvgIpc) is 2.29. The molecule has 0 saturated carbocycles. The third-order valence-corrected chi connectivity index (χ3v) is 2.32. The van der Waals surface area contributed by atoms with Gasteiger partial charge in [0, 0.05) is 6.42 Å². The summed E-state index contributed by atoms with van der Waals surface area (Å²) >= 11 is 5.17. The first kappa shape index (κ1) is 16.6. The Labute approximate surface area is 112 Å². The van der Waals surface area contributed by atoms with E-state index in [0.29, 0.717) is 6.42 Å². The summed E-state index contributed by atoms with van der Waals surface area (Å²) < 4.78 is 0. The number of carbonyl (C=O) groups excluding carboxylic acids is 1. The van der Waals surface area contributed by atoms with Crippen LogP contribution in [-0.2, 0) is 16.0 Å². The van der Waals surface area contributed by atoms with Crippen LogP contribution in [0.1, 0.15) is 19.4 Å². The molecule has 0 saturated heterocycles. The maximum Gasteiger partial charge on any atom is 0.320 e. The standard InChI is InChI=1S/C8H7ClO.C5H11NO2/c9-8(10)6-7-4-2-1-3-5-7;1-3(2)4(6)5(7)8/h1-5H,6H2;3-4H,6H2,1-2H3,(H,7,8)/t;4-/m.0/s1. The van der Waals surface area contributed by atoms with Gasteiger partial charge < -0.3 is 10.8 Å². The maximum atomic E-state index is 10.4. The number of halogens is 1. The number of nitrogens with two attached hydrogens (primary N) is 1. The molecule has 0 aliphatic carbocycles. The first-order valence-corrected chi connectivity index (χ1v) is 5.93. The summed E-state index contributed by atoms with van der Waals surface area (Å²) in [5.74, 6) is -0.910. The van der Waals surface area contributed by atoms with Crippen LogP contribution in [0.2, 0.25) is 0 Å². The second-order valence-electron chi connectivity index (χ2n) is 4.13. The molecule has 3 N–H and O–H groups in total. The Balaban J connectivity index is 0.000000331. The van der Waals surface area contributed by atoms with Crippen LogP contribution in [0.4, 0.5) is 0 Å². The first-order chi connectivity index (χ1) is 8.34. The van der Waals surface area contributed by atoms with Crippen molar-refractivity contribution >= 4 is 22.8 Å². The van der Waals surface area contributed by atoms with Gasteiger partial charge in [0.1, 0.15) is 6.04 Å². The van der Waals surface area contributed by atoms with Crippen LogP contribution in [0.25, 0.3) is 0 Å². The van der Waals surface area contributed by atoms with E-state index in [9.17, 15) is 9.59 Å². The Morgan fingerprint density at radius 2 is 1.78 bits per heavy atom. The molecule has 0 unspecified atom stereocenters. The minimum Gasteiger partial charge on any atom is -0.480 e. The third kappa shape index (κ3) is 7.81. The lowest BCUT2D eigenvalue weighted by molar-refractivity contribution is -0.139. The van der Waals surface area contributed by atoms with Gasteiger partial charge in [-0.05, 0) is 23.1 Å². The molecule has 5 heteroatoms. The molecule has 1 atom stereocenters. The zero-order chi connectivity index (χ0) is 14.1. The highest BCUT2D eigenvalue weighted by atomic mass is 35.5. The van der Waals surface area contributed by atoms with Crippen LogP contribution in [0.15, 0.2) is 30.3 Å². The van der Waals surface area contributed by atoms with Gasteiger partial charge >= 0.3 is 5.97 Å². The second-order valence-corrected chi connectivity index (χ2v) is 4.55. The molecule has 0 radical (unpaired) electrons. The molecule has 0 heterocycles. The van der Waals surface area contributed by atoms with Crippen molar-refractivity contribution in [3.63, 3.8) is 0 Å². The Morgan fingerprint density at radius 1 is 1.28 bits per heavy atom. The van der Waals surface area contributed by atoms with Crippen molar-refractivity contribution < 1.29 is 14.7 Å². The zero-order valence-corrected chi connectivity index (χ0v) is 11.2. The molecule has 0 aliphatic rings. The van der Waals surface area contributed by atoms with E-state index in [1.54, 1.807) is 13.8 Å². The van der Waals surface area contributed by atoms with Gasteiger partial charge in [-0.2, -0.15) is 0 Å². The minimum atomic E-state index is -0.931. The van der Waals surface area contributed by atoms with E-state index >= 15 is 0 Å². The predicted molar refractivity (Wildman–Crippen MR) is 71.5 cm³/mol. The summed E-state index contributed by atoms with van der Waals surface area (Å²) in [5, 5.41) is 7.91. The monoisotopic (exact) mass is 271 g/mol. The highest BCUT2D eigenvalue weighted by molar-refractivity contribution is 6.63. The van der Waals surface area contributed by atoms with Gasteiger partial charge in [0.2, 0.25) is 5.24 Å². The Hall–Kier alpha value is -1.39. The molecule has 1 aromatic rings. The molecule has 0 aliphatic heterocycles. The molecule has 18 heavy (non-hydrogen) atoms. The molecular weight excluding hydrogens is 254 g/mol. The third-order valence-electron chi connectivity index (χ3n) is 2.19. The van der Waals surface area contributed by atoms with E-state index in [1.165, 1.54) is 0 Å². The van der Waals surface area contributed by atoms with E-state index in [2.05, 4.69) is 0 Å². The lowest BCUT2D eigenvalue weighted by atomic mass is 10.1. The Morgan fingerprint density at radius 3 is 2.06 bits per heavy atom. The molecule has 0 amide bonds. The summed E-state index contributed by atoms with van der Waals surface area (Å²) in [7, 11) is 0. The van der Waals surface area contributed by atoms with Crippen molar-refractivity contribution in [1.82, 2.24) is 0 Å². The number of aliphatic carboxylic acids is 1. The van der Waals surface area contributed by atoms with Crippen LogP contribution >= 0.6 is 11.6 Å². The van der Waals surface area contributed by atoms with Crippen molar-refractivity contribution in [3.8, 4) is 0 Å². The topological polar surface area (TPSA) is 80.4 Å². The fraction of sp³-hybridized carbons (Fsp3) is 0.385. The molecule has 1 aromatic carbocycles. The van der Waals surface area contributed by atoms with Crippen molar-refractivity contribution in [2.45, 2.75) is 26.3 Å². The van der Waals surface area contributed by atoms with Gasteiger partial charge in [0.25, 0.3) is 0 Å². The maximum absolute atomic E-state index is 10.4. The first-order valence-electron chi connectivity index (χ1n) is 5.55. The molecule has 1 rings (SSSR count). The predicted octanol–water partition coefficient (Wildman–Crippen LogP) is 2.05. The van der Waals surface area contributed by atoms with Crippen molar-refractivity contribution in [2.24, 2.45) is 11.7 Å². The smallest absolute Gasteiger partial charge is 0.320 e. The summed E-state index contributed by atoms with van der Waals surface area (Å²) in [6, 6.07) is 8.71. The lowest BCUT2D eigenvalue weighted by Gasteiger charge is -2.07. The van der Waals surface area contributed by atoms with E-state index in [0.717, 1.165) is 5.56 Å². The molecular formula is C13H18ClNO3. The summed E-state index contributed by atoms with van der Waals surface area (Å²) in [6.45, 7) is 3.55. The van der Waals surface area contributed by atoms with Crippen molar-refractivity contribution in [2.75, 3.05) is 0 Å². The number of benzene rings is 1. The van der Waals surface area contributed by atoms with Crippen LogP contribution in [0.5, 0.6) is 0 Å². The number of carboxylic acid groups (broad SMARTS) is 1. The van der Waals surface area contributed by atoms with Gasteiger partial charge in [-0.15, -0.1) is 0 Å². The van der Waals surface area contributed by atoms with Crippen LogP contribution in [-0.4, -0.2) is 22.4 Å².